The first-order valence-electron chi connectivity index (χ1n) is 6.19. The van der Waals surface area contributed by atoms with Crippen molar-refractivity contribution in [1.29, 1.82) is 0 Å². The van der Waals surface area contributed by atoms with Crippen LogP contribution in [0, 0.1) is 6.92 Å². The van der Waals surface area contributed by atoms with Gasteiger partial charge in [-0.1, -0.05) is 24.3 Å². The fraction of sp³-hybridized carbons (Fsp3) is 0.333. The maximum atomic E-state index is 5.63. The molecule has 0 aliphatic heterocycles. The van der Waals surface area contributed by atoms with Gasteiger partial charge in [-0.15, -0.1) is 11.3 Å². The van der Waals surface area contributed by atoms with E-state index in [1.165, 1.54) is 20.9 Å². The summed E-state index contributed by atoms with van der Waals surface area (Å²) in [5, 5.41) is 0. The largest absolute Gasteiger partial charge is 0.326 e. The standard InChI is InChI=1S/C15H20N2S/c1-12-5-3-4-6-13(12)10-17(2)11-15-8-7-14(9-16)18-15/h3-8H,9-11,16H2,1-2H3. The fourth-order valence-electron chi connectivity index (χ4n) is 2.02. The van der Waals surface area contributed by atoms with Crippen molar-refractivity contribution in [1.82, 2.24) is 4.90 Å². The molecule has 2 nitrogen and oxygen atoms in total. The second kappa shape index (κ2) is 6.14. The summed E-state index contributed by atoms with van der Waals surface area (Å²) in [5.41, 5.74) is 8.39. The fourth-order valence-corrected chi connectivity index (χ4v) is 2.99. The maximum Gasteiger partial charge on any atom is 0.0328 e. The molecule has 96 valence electrons. The van der Waals surface area contributed by atoms with Crippen molar-refractivity contribution in [3.63, 3.8) is 0 Å². The minimum absolute atomic E-state index is 0.645. The Labute approximate surface area is 113 Å². The van der Waals surface area contributed by atoms with E-state index in [0.717, 1.165) is 13.1 Å². The molecule has 0 saturated heterocycles. The lowest BCUT2D eigenvalue weighted by Crippen LogP contribution is -2.17. The van der Waals surface area contributed by atoms with Crippen molar-refractivity contribution in [3.05, 3.63) is 57.3 Å². The summed E-state index contributed by atoms with van der Waals surface area (Å²) < 4.78 is 0. The first kappa shape index (κ1) is 13.3. The SMILES string of the molecule is Cc1ccccc1CN(C)Cc1ccc(CN)s1. The summed E-state index contributed by atoms with van der Waals surface area (Å²) in [7, 11) is 2.16. The van der Waals surface area contributed by atoms with Crippen LogP contribution in [0.15, 0.2) is 36.4 Å². The van der Waals surface area contributed by atoms with Crippen LogP contribution in [-0.2, 0) is 19.6 Å². The van der Waals surface area contributed by atoms with E-state index < -0.39 is 0 Å². The van der Waals surface area contributed by atoms with Gasteiger partial charge in [-0.2, -0.15) is 0 Å². The predicted molar refractivity (Wildman–Crippen MR) is 78.6 cm³/mol. The smallest absolute Gasteiger partial charge is 0.0328 e. The summed E-state index contributed by atoms with van der Waals surface area (Å²) in [6.07, 6.45) is 0. The minimum atomic E-state index is 0.645. The van der Waals surface area contributed by atoms with Crippen LogP contribution in [0.2, 0.25) is 0 Å². The molecule has 2 rings (SSSR count). The van der Waals surface area contributed by atoms with E-state index in [-0.39, 0.29) is 0 Å². The van der Waals surface area contributed by atoms with Gasteiger partial charge in [0, 0.05) is 29.4 Å². The Morgan fingerprint density at radius 1 is 1.06 bits per heavy atom. The normalized spacial score (nSPS) is 11.1. The lowest BCUT2D eigenvalue weighted by molar-refractivity contribution is 0.321. The summed E-state index contributed by atoms with van der Waals surface area (Å²) in [5.74, 6) is 0. The first-order chi connectivity index (χ1) is 8.69. The molecule has 1 aromatic carbocycles. The summed E-state index contributed by atoms with van der Waals surface area (Å²) >= 11 is 1.81. The predicted octanol–water partition coefficient (Wildman–Crippen LogP) is 3.15. The minimum Gasteiger partial charge on any atom is -0.326 e. The summed E-state index contributed by atoms with van der Waals surface area (Å²) in [6.45, 7) is 4.79. The molecule has 0 fully saturated rings. The van der Waals surface area contributed by atoms with Crippen LogP contribution in [0.25, 0.3) is 0 Å². The number of benzene rings is 1. The molecule has 0 radical (unpaired) electrons. The van der Waals surface area contributed by atoms with E-state index in [0.29, 0.717) is 6.54 Å². The lowest BCUT2D eigenvalue weighted by Gasteiger charge is -2.17. The number of nitrogens with two attached hydrogens (primary N) is 1. The number of hydrogen-bond acceptors (Lipinski definition) is 3. The van der Waals surface area contributed by atoms with Gasteiger partial charge in [-0.05, 0) is 37.2 Å². The molecule has 0 aliphatic carbocycles. The van der Waals surface area contributed by atoms with Crippen molar-refractivity contribution in [2.75, 3.05) is 7.05 Å². The molecule has 0 spiro atoms. The van der Waals surface area contributed by atoms with Gasteiger partial charge in [-0.25, -0.2) is 0 Å². The van der Waals surface area contributed by atoms with Gasteiger partial charge in [0.05, 0.1) is 0 Å². The second-order valence-electron chi connectivity index (χ2n) is 4.67. The molecule has 0 atom stereocenters. The number of nitrogens with zero attached hydrogens (tertiary/aromatic N) is 1. The van der Waals surface area contributed by atoms with Crippen LogP contribution in [0.4, 0.5) is 0 Å². The van der Waals surface area contributed by atoms with Crippen molar-refractivity contribution >= 4 is 11.3 Å². The highest BCUT2D eigenvalue weighted by Gasteiger charge is 2.05. The molecular weight excluding hydrogens is 240 g/mol. The van der Waals surface area contributed by atoms with Gasteiger partial charge in [0.2, 0.25) is 0 Å². The van der Waals surface area contributed by atoms with E-state index in [1.807, 2.05) is 11.3 Å². The summed E-state index contributed by atoms with van der Waals surface area (Å²) in [6, 6.07) is 12.9. The zero-order valence-electron chi connectivity index (χ0n) is 11.0. The van der Waals surface area contributed by atoms with Crippen LogP contribution < -0.4 is 5.73 Å². The molecule has 0 unspecified atom stereocenters. The number of thiophene rings is 1. The number of aryl methyl sites for hydroxylation is 1. The molecule has 0 aliphatic rings. The maximum absolute atomic E-state index is 5.63. The average molecular weight is 260 g/mol. The van der Waals surface area contributed by atoms with Crippen molar-refractivity contribution in [3.8, 4) is 0 Å². The third-order valence-electron chi connectivity index (χ3n) is 3.05. The monoisotopic (exact) mass is 260 g/mol. The van der Waals surface area contributed by atoms with Crippen molar-refractivity contribution in [2.24, 2.45) is 5.73 Å². The first-order valence-corrected chi connectivity index (χ1v) is 7.01. The van der Waals surface area contributed by atoms with E-state index in [4.69, 9.17) is 5.73 Å². The zero-order chi connectivity index (χ0) is 13.0. The molecule has 0 bridgehead atoms. The third-order valence-corrected chi connectivity index (χ3v) is 4.14. The number of rotatable bonds is 5. The van der Waals surface area contributed by atoms with Gasteiger partial charge in [-0.3, -0.25) is 4.90 Å². The Morgan fingerprint density at radius 3 is 2.44 bits per heavy atom. The second-order valence-corrected chi connectivity index (χ2v) is 5.92. The third kappa shape index (κ3) is 3.42. The Bertz CT molecular complexity index is 505. The zero-order valence-corrected chi connectivity index (χ0v) is 11.8. The van der Waals surface area contributed by atoms with Crippen LogP contribution in [0.1, 0.15) is 20.9 Å². The molecule has 0 amide bonds. The molecule has 1 heterocycles. The molecule has 2 aromatic rings. The van der Waals surface area contributed by atoms with Crippen LogP contribution in [0.3, 0.4) is 0 Å². The Hall–Kier alpha value is -1.16. The highest BCUT2D eigenvalue weighted by atomic mass is 32.1. The van der Waals surface area contributed by atoms with Crippen molar-refractivity contribution < 1.29 is 0 Å². The van der Waals surface area contributed by atoms with Gasteiger partial charge >= 0.3 is 0 Å². The van der Waals surface area contributed by atoms with Crippen LogP contribution in [-0.4, -0.2) is 11.9 Å². The average Bonchev–Trinajstić information content (AvgIpc) is 2.80. The number of hydrogen-bond donors (Lipinski definition) is 1. The van der Waals surface area contributed by atoms with Gasteiger partial charge in [0.15, 0.2) is 0 Å². The Kier molecular flexibility index (Phi) is 4.53. The molecule has 1 aromatic heterocycles. The van der Waals surface area contributed by atoms with Gasteiger partial charge < -0.3 is 5.73 Å². The summed E-state index contributed by atoms with van der Waals surface area (Å²) in [4.78, 5) is 4.98. The van der Waals surface area contributed by atoms with Crippen LogP contribution in [0.5, 0.6) is 0 Å². The molecular formula is C15H20N2S. The van der Waals surface area contributed by atoms with Gasteiger partial charge in [0.25, 0.3) is 0 Å². The quantitative estimate of drug-likeness (QED) is 0.895. The molecule has 3 heteroatoms. The van der Waals surface area contributed by atoms with E-state index >= 15 is 0 Å². The Morgan fingerprint density at radius 2 is 1.78 bits per heavy atom. The molecule has 18 heavy (non-hydrogen) atoms. The van der Waals surface area contributed by atoms with E-state index in [1.54, 1.807) is 0 Å². The topological polar surface area (TPSA) is 29.3 Å². The molecule has 0 saturated carbocycles. The van der Waals surface area contributed by atoms with Gasteiger partial charge in [0.1, 0.15) is 0 Å². The Balaban J connectivity index is 1.96. The van der Waals surface area contributed by atoms with Crippen molar-refractivity contribution in [2.45, 2.75) is 26.6 Å². The highest BCUT2D eigenvalue weighted by Crippen LogP contribution is 2.18. The van der Waals surface area contributed by atoms with Crippen LogP contribution >= 0.6 is 11.3 Å². The highest BCUT2D eigenvalue weighted by molar-refractivity contribution is 7.11. The van der Waals surface area contributed by atoms with E-state index in [2.05, 4.69) is 55.3 Å². The van der Waals surface area contributed by atoms with E-state index in [9.17, 15) is 0 Å². The lowest BCUT2D eigenvalue weighted by atomic mass is 10.1. The molecule has 2 N–H and O–H groups in total.